The Morgan fingerprint density at radius 3 is 2.31 bits per heavy atom. The molecule has 1 aromatic heterocycles. The Balaban J connectivity index is 1.44. The lowest BCUT2D eigenvalue weighted by molar-refractivity contribution is -0.132. The lowest BCUT2D eigenvalue weighted by atomic mass is 10.0. The fourth-order valence-corrected chi connectivity index (χ4v) is 7.13. The van der Waals surface area contributed by atoms with Gasteiger partial charge in [0.25, 0.3) is 0 Å². The summed E-state index contributed by atoms with van der Waals surface area (Å²) in [5.74, 6) is -0.905. The summed E-state index contributed by atoms with van der Waals surface area (Å²) in [6.07, 6.45) is 0.443. The molecule has 0 fully saturated rings. The van der Waals surface area contributed by atoms with Crippen LogP contribution in [0.1, 0.15) is 52.4 Å². The van der Waals surface area contributed by atoms with E-state index in [2.05, 4.69) is 31.3 Å². The minimum atomic E-state index is -4.26. The quantitative estimate of drug-likeness (QED) is 0.296. The zero-order valence-corrected chi connectivity index (χ0v) is 29.9. The number of amides is 4. The maximum atomic E-state index is 13.9. The molecule has 3 heterocycles. The predicted octanol–water partition coefficient (Wildman–Crippen LogP) is 1.14. The highest BCUT2D eigenvalue weighted by molar-refractivity contribution is 7.89. The second-order valence-electron chi connectivity index (χ2n) is 12.9. The normalized spacial score (nSPS) is 21.6. The number of carbonyl (C=O) groups is 4. The van der Waals surface area contributed by atoms with Crippen molar-refractivity contribution >= 4 is 33.7 Å². The first-order valence-electron chi connectivity index (χ1n) is 16.9. The monoisotopic (exact) mass is 724 g/mol. The number of carbonyl (C=O) groups excluding carboxylic acids is 4. The van der Waals surface area contributed by atoms with E-state index in [0.29, 0.717) is 29.6 Å². The number of nitrogens with one attached hydrogen (secondary N) is 4. The van der Waals surface area contributed by atoms with Crippen LogP contribution in [0.3, 0.4) is 0 Å². The average molecular weight is 725 g/mol. The number of sulfonamides is 1. The molecule has 0 unspecified atom stereocenters. The first-order valence-corrected chi connectivity index (χ1v) is 18.3. The summed E-state index contributed by atoms with van der Waals surface area (Å²) in [5, 5.41) is 15.5. The summed E-state index contributed by atoms with van der Waals surface area (Å²) in [5.41, 5.74) is 0.714. The Labute approximate surface area is 296 Å². The van der Waals surface area contributed by atoms with E-state index in [0.717, 1.165) is 4.31 Å². The molecule has 51 heavy (non-hydrogen) atoms. The van der Waals surface area contributed by atoms with E-state index in [-0.39, 0.29) is 55.6 Å². The maximum Gasteiger partial charge on any atom is 0.243 e. The molecule has 2 aliphatic heterocycles. The van der Waals surface area contributed by atoms with Gasteiger partial charge >= 0.3 is 0 Å². The van der Waals surface area contributed by atoms with Crippen LogP contribution >= 0.6 is 0 Å². The molecule has 0 radical (unpaired) electrons. The van der Waals surface area contributed by atoms with E-state index in [1.54, 1.807) is 6.92 Å². The van der Waals surface area contributed by atoms with Crippen molar-refractivity contribution in [2.24, 2.45) is 5.92 Å². The SMILES string of the molecule is CC(C)C[C@H]1NC(=O)[C@@H](C)NC(=O)CN(S(=O)(=O)c2ccc3c(c2)OCCO3)CCCNC(=O)Cn2nc(-c3ccccc3)nc2[C@H](C)NC1=O. The van der Waals surface area contributed by atoms with Crippen molar-refractivity contribution in [3.63, 3.8) is 0 Å². The molecule has 274 valence electrons. The van der Waals surface area contributed by atoms with Crippen LogP contribution in [0.25, 0.3) is 11.4 Å². The number of fused-ring (bicyclic) bond motifs is 2. The van der Waals surface area contributed by atoms with Gasteiger partial charge in [0.1, 0.15) is 37.7 Å². The van der Waals surface area contributed by atoms with E-state index in [9.17, 15) is 27.6 Å². The molecule has 0 aliphatic carbocycles. The van der Waals surface area contributed by atoms with Gasteiger partial charge in [-0.15, -0.1) is 0 Å². The predicted molar refractivity (Wildman–Crippen MR) is 185 cm³/mol. The second-order valence-corrected chi connectivity index (χ2v) is 14.8. The summed E-state index contributed by atoms with van der Waals surface area (Å²) in [6.45, 7) is 6.64. The van der Waals surface area contributed by atoms with Crippen molar-refractivity contribution in [1.29, 1.82) is 0 Å². The Morgan fingerprint density at radius 2 is 1.59 bits per heavy atom. The van der Waals surface area contributed by atoms with Gasteiger partial charge in [-0.2, -0.15) is 9.40 Å². The topological polar surface area (TPSA) is 203 Å². The number of hydrogen-bond acceptors (Lipinski definition) is 10. The van der Waals surface area contributed by atoms with Gasteiger partial charge in [0, 0.05) is 24.7 Å². The van der Waals surface area contributed by atoms with E-state index in [4.69, 9.17) is 9.47 Å². The number of benzene rings is 2. The van der Waals surface area contributed by atoms with Gasteiger partial charge in [0.05, 0.1) is 17.5 Å². The Bertz CT molecular complexity index is 1850. The second kappa shape index (κ2) is 16.3. The van der Waals surface area contributed by atoms with E-state index in [1.165, 1.54) is 29.8 Å². The van der Waals surface area contributed by atoms with Crippen molar-refractivity contribution in [2.75, 3.05) is 32.8 Å². The molecular weight excluding hydrogens is 680 g/mol. The maximum absolute atomic E-state index is 13.9. The van der Waals surface area contributed by atoms with Gasteiger partial charge in [-0.25, -0.2) is 18.1 Å². The van der Waals surface area contributed by atoms with Crippen molar-refractivity contribution in [2.45, 2.75) is 70.1 Å². The Hall–Kier alpha value is -5.03. The molecule has 4 amide bonds. The molecule has 0 saturated carbocycles. The van der Waals surface area contributed by atoms with E-state index < -0.39 is 58.3 Å². The highest BCUT2D eigenvalue weighted by Crippen LogP contribution is 2.33. The van der Waals surface area contributed by atoms with Gasteiger partial charge in [-0.05, 0) is 44.7 Å². The molecule has 0 spiro atoms. The van der Waals surface area contributed by atoms with Crippen LogP contribution in [0.4, 0.5) is 0 Å². The Morgan fingerprint density at radius 1 is 0.863 bits per heavy atom. The number of aromatic nitrogens is 3. The third-order valence-electron chi connectivity index (χ3n) is 8.26. The van der Waals surface area contributed by atoms with Gasteiger partial charge in [-0.3, -0.25) is 19.2 Å². The summed E-state index contributed by atoms with van der Waals surface area (Å²) in [6, 6.07) is 10.6. The zero-order valence-electron chi connectivity index (χ0n) is 29.0. The van der Waals surface area contributed by atoms with Crippen LogP contribution in [0.2, 0.25) is 0 Å². The number of nitrogens with zero attached hydrogens (tertiary/aromatic N) is 4. The molecule has 2 aliphatic rings. The van der Waals surface area contributed by atoms with Gasteiger partial charge in [0.15, 0.2) is 17.3 Å². The lowest BCUT2D eigenvalue weighted by Gasteiger charge is -2.25. The summed E-state index contributed by atoms with van der Waals surface area (Å²) in [4.78, 5) is 57.9. The molecule has 2 aromatic carbocycles. The summed E-state index contributed by atoms with van der Waals surface area (Å²) in [7, 11) is -4.26. The smallest absolute Gasteiger partial charge is 0.243 e. The van der Waals surface area contributed by atoms with Crippen molar-refractivity contribution < 1.29 is 37.1 Å². The van der Waals surface area contributed by atoms with E-state index in [1.807, 2.05) is 44.2 Å². The molecule has 16 nitrogen and oxygen atoms in total. The van der Waals surface area contributed by atoms with Crippen molar-refractivity contribution in [1.82, 2.24) is 40.3 Å². The zero-order chi connectivity index (χ0) is 36.7. The third-order valence-corrected chi connectivity index (χ3v) is 10.1. The minimum absolute atomic E-state index is 0.0132. The molecule has 4 N–H and O–H groups in total. The summed E-state index contributed by atoms with van der Waals surface area (Å²) >= 11 is 0. The summed E-state index contributed by atoms with van der Waals surface area (Å²) < 4.78 is 41.2. The first-order chi connectivity index (χ1) is 24.3. The number of hydrogen-bond donors (Lipinski definition) is 4. The molecule has 5 rings (SSSR count). The van der Waals surface area contributed by atoms with Crippen LogP contribution in [-0.4, -0.2) is 96.0 Å². The van der Waals surface area contributed by atoms with Gasteiger partial charge < -0.3 is 30.7 Å². The van der Waals surface area contributed by atoms with Crippen LogP contribution < -0.4 is 30.7 Å². The Kier molecular flexibility index (Phi) is 11.9. The van der Waals surface area contributed by atoms with Crippen LogP contribution in [0, 0.1) is 5.92 Å². The van der Waals surface area contributed by atoms with Crippen LogP contribution in [0.5, 0.6) is 11.5 Å². The highest BCUT2D eigenvalue weighted by atomic mass is 32.2. The van der Waals surface area contributed by atoms with Gasteiger partial charge in [0.2, 0.25) is 33.7 Å². The van der Waals surface area contributed by atoms with E-state index >= 15 is 0 Å². The molecule has 0 saturated heterocycles. The molecule has 3 atom stereocenters. The molecule has 0 bridgehead atoms. The fourth-order valence-electron chi connectivity index (χ4n) is 5.68. The van der Waals surface area contributed by atoms with Crippen LogP contribution in [0.15, 0.2) is 53.4 Å². The largest absolute Gasteiger partial charge is 0.486 e. The lowest BCUT2D eigenvalue weighted by Crippen LogP contribution is -2.54. The van der Waals surface area contributed by atoms with Crippen LogP contribution in [-0.2, 0) is 35.7 Å². The van der Waals surface area contributed by atoms with Crippen molar-refractivity contribution in [3.05, 3.63) is 54.4 Å². The first kappa shape index (κ1) is 37.2. The molecular formula is C34H44N8O8S. The highest BCUT2D eigenvalue weighted by Gasteiger charge is 2.31. The third kappa shape index (κ3) is 9.40. The van der Waals surface area contributed by atoms with Crippen molar-refractivity contribution in [3.8, 4) is 22.9 Å². The number of ether oxygens (including phenoxy) is 2. The average Bonchev–Trinajstić information content (AvgIpc) is 3.52. The minimum Gasteiger partial charge on any atom is -0.486 e. The van der Waals surface area contributed by atoms with Gasteiger partial charge in [-0.1, -0.05) is 44.2 Å². The molecule has 17 heteroatoms. The number of rotatable bonds is 5. The molecule has 3 aromatic rings. The fraction of sp³-hybridized carbons (Fsp3) is 0.471. The standard InChI is InChI=1S/C34H44N8O8S/c1-21(2)17-26-34(46)37-22(3)32-39-31(24-9-6-5-7-10-24)40-42(32)20-29(43)35-13-8-14-41(19-30(44)36-23(4)33(45)38-26)51(47,48)25-11-12-27-28(18-25)50-16-15-49-27/h5-7,9-12,18,21-23,26H,8,13-17,19-20H2,1-4H3,(H,35,43)(H,36,44)(H,37,46)(H,38,45)/t22-,23+,26+/m0/s1.